The number of rotatable bonds is 13. The Bertz CT molecular complexity index is 2020. The van der Waals surface area contributed by atoms with Crippen LogP contribution in [0.4, 0.5) is 5.69 Å². The first kappa shape index (κ1) is 27.9. The molecular weight excluding hydrogens is 630 g/mol. The molecule has 48 heavy (non-hydrogen) atoms. The Kier molecular flexibility index (Phi) is 9.00. The number of amides is 1. The molecule has 2 aromatic carbocycles. The lowest BCUT2D eigenvalue weighted by Crippen LogP contribution is -2.35. The maximum absolute atomic E-state index is 13.5. The average molecular weight is 682 g/mol. The van der Waals surface area contributed by atoms with E-state index < -0.39 is 25.5 Å². The number of halogens is 1. The van der Waals surface area contributed by atoms with Gasteiger partial charge < -0.3 is 24.4 Å². The first-order chi connectivity index (χ1) is 25.1. The predicted molar refractivity (Wildman–Crippen MR) is 189 cm³/mol. The Morgan fingerprint density at radius 1 is 1.06 bits per heavy atom. The molecule has 1 N–H and O–H groups in total. The Labute approximate surface area is 296 Å². The van der Waals surface area contributed by atoms with Crippen molar-refractivity contribution in [2.75, 3.05) is 45.1 Å². The molecule has 2 aromatic heterocycles. The Balaban J connectivity index is 1.34. The largest absolute Gasteiger partial charge is 0.489 e. The van der Waals surface area contributed by atoms with Gasteiger partial charge in [0, 0.05) is 76.5 Å². The highest BCUT2D eigenvalue weighted by molar-refractivity contribution is 6.31. The minimum absolute atomic E-state index is 0.0406. The smallest absolute Gasteiger partial charge is 0.221 e. The molecule has 0 aliphatic carbocycles. The minimum Gasteiger partial charge on any atom is -0.489 e. The van der Waals surface area contributed by atoms with Gasteiger partial charge in [-0.1, -0.05) is 45.4 Å². The molecule has 1 aliphatic rings. The number of aromatic nitrogens is 3. The van der Waals surface area contributed by atoms with E-state index in [9.17, 15) is 9.59 Å². The van der Waals surface area contributed by atoms with Crippen LogP contribution in [0, 0.1) is 0 Å². The fourth-order valence-corrected chi connectivity index (χ4v) is 5.88. The zero-order valence-corrected chi connectivity index (χ0v) is 28.9. The number of hydrogen-bond donors (Lipinski definition) is 1. The van der Waals surface area contributed by atoms with Crippen molar-refractivity contribution in [1.82, 2.24) is 19.7 Å². The van der Waals surface area contributed by atoms with Crippen molar-refractivity contribution >= 4 is 39.9 Å². The molecule has 1 saturated heterocycles. The molecule has 5 rings (SSSR count). The molecule has 11 heteroatoms. The zero-order valence-electron chi connectivity index (χ0n) is 34.1. The fourth-order valence-electron chi connectivity index (χ4n) is 5.65. The van der Waals surface area contributed by atoms with Crippen molar-refractivity contribution in [2.45, 2.75) is 71.8 Å². The van der Waals surface area contributed by atoms with Gasteiger partial charge in [-0.05, 0) is 55.2 Å². The Hall–Kier alpha value is -3.99. The van der Waals surface area contributed by atoms with E-state index in [0.717, 1.165) is 31.3 Å². The summed E-state index contributed by atoms with van der Waals surface area (Å²) in [6.07, 6.45) is 3.17. The summed E-state index contributed by atoms with van der Waals surface area (Å²) in [6.45, 7) is 3.16. The normalized spacial score (nSPS) is 17.1. The van der Waals surface area contributed by atoms with Crippen LogP contribution >= 0.6 is 11.6 Å². The highest BCUT2D eigenvalue weighted by atomic mass is 35.5. The number of nitrogens with zero attached hydrogens (tertiary/aromatic N) is 4. The molecule has 256 valence electrons. The number of nitrogens with one attached hydrogen (secondary N) is 1. The molecule has 1 amide bonds. The molecule has 0 saturated carbocycles. The van der Waals surface area contributed by atoms with Crippen molar-refractivity contribution in [3.05, 3.63) is 70.6 Å². The number of likely N-dealkylation sites (tertiary alicyclic amines) is 1. The minimum atomic E-state index is -2.93. The number of hydrogen-bond acceptors (Lipinski definition) is 8. The number of Topliss-reactive ketones (excluding diaryl/α,β-unsaturated/α-hetero) is 1. The predicted octanol–water partition coefficient (Wildman–Crippen LogP) is 7.17. The molecular formula is C37H46ClN5O5. The van der Waals surface area contributed by atoms with Gasteiger partial charge in [0.1, 0.15) is 29.6 Å². The third kappa shape index (κ3) is 8.72. The summed E-state index contributed by atoms with van der Waals surface area (Å²) >= 11 is 6.70. The summed E-state index contributed by atoms with van der Waals surface area (Å²) in [5, 5.41) is 8.29. The maximum atomic E-state index is 13.5. The highest BCUT2D eigenvalue weighted by Crippen LogP contribution is 2.37. The first-order valence-corrected chi connectivity index (χ1v) is 16.2. The van der Waals surface area contributed by atoms with Gasteiger partial charge in [-0.2, -0.15) is 5.10 Å². The second kappa shape index (κ2) is 15.5. The number of ketones is 1. The van der Waals surface area contributed by atoms with E-state index in [-0.39, 0.29) is 41.5 Å². The molecule has 0 spiro atoms. The second-order valence-corrected chi connectivity index (χ2v) is 13.2. The number of carbonyl (C=O) groups excluding carboxylic acids is 2. The van der Waals surface area contributed by atoms with Crippen LogP contribution in [-0.2, 0) is 32.6 Å². The van der Waals surface area contributed by atoms with Crippen LogP contribution in [0.15, 0.2) is 48.7 Å². The van der Waals surface area contributed by atoms with Crippen LogP contribution in [0.5, 0.6) is 17.2 Å². The van der Waals surface area contributed by atoms with E-state index in [1.165, 1.54) is 25.3 Å². The number of methoxy groups -OCH3 is 1. The van der Waals surface area contributed by atoms with Crippen molar-refractivity contribution in [2.24, 2.45) is 0 Å². The highest BCUT2D eigenvalue weighted by Gasteiger charge is 2.27. The van der Waals surface area contributed by atoms with Crippen LogP contribution in [0.1, 0.15) is 78.7 Å². The van der Waals surface area contributed by atoms with Gasteiger partial charge in [-0.25, -0.2) is 0 Å². The molecule has 3 heterocycles. The van der Waals surface area contributed by atoms with E-state index in [4.69, 9.17) is 34.4 Å². The van der Waals surface area contributed by atoms with Gasteiger partial charge in [-0.3, -0.25) is 19.3 Å². The summed E-state index contributed by atoms with van der Waals surface area (Å²) in [5.74, 6) is 0.0119. The molecule has 0 radical (unpaired) electrons. The summed E-state index contributed by atoms with van der Waals surface area (Å²) in [6, 6.07) is 11.5. The average Bonchev–Trinajstić information content (AvgIpc) is 3.50. The summed E-state index contributed by atoms with van der Waals surface area (Å²) < 4.78 is 66.3. The number of ether oxygens (including phenoxy) is 3. The van der Waals surface area contributed by atoms with Crippen LogP contribution in [-0.4, -0.2) is 71.2 Å². The lowest BCUT2D eigenvalue weighted by atomic mass is 9.92. The van der Waals surface area contributed by atoms with E-state index >= 15 is 0 Å². The number of benzene rings is 2. The van der Waals surface area contributed by atoms with Gasteiger partial charge in [0.25, 0.3) is 0 Å². The van der Waals surface area contributed by atoms with Gasteiger partial charge in [-0.15, -0.1) is 0 Å². The maximum Gasteiger partial charge on any atom is 0.221 e. The van der Waals surface area contributed by atoms with Crippen molar-refractivity contribution in [1.29, 1.82) is 0 Å². The SMILES string of the molecule is [2H]C([2H])(C)N1CCC(n2nc(C(C)(C)C)cc2CC(=O)Cc2ccc(Oc3ccnc4cc(OC([2H])([2H])C([2H])([2H])OC)c(NC(C)=O)cc34)cc2Cl)CC1. The van der Waals surface area contributed by atoms with E-state index in [1.54, 1.807) is 31.2 Å². The Morgan fingerprint density at radius 3 is 2.50 bits per heavy atom. The molecule has 1 aliphatic heterocycles. The number of fused-ring (bicyclic) bond motifs is 1. The van der Waals surface area contributed by atoms with E-state index in [0.29, 0.717) is 46.1 Å². The molecule has 0 unspecified atom stereocenters. The van der Waals surface area contributed by atoms with E-state index in [2.05, 4.69) is 35.8 Å². The Morgan fingerprint density at radius 2 is 1.83 bits per heavy atom. The van der Waals surface area contributed by atoms with Crippen LogP contribution in [0.2, 0.25) is 5.02 Å². The van der Waals surface area contributed by atoms with Crippen molar-refractivity contribution < 1.29 is 32.0 Å². The van der Waals surface area contributed by atoms with Gasteiger partial charge in [0.15, 0.2) is 0 Å². The lowest BCUT2D eigenvalue weighted by Gasteiger charge is -2.32. The lowest BCUT2D eigenvalue weighted by molar-refractivity contribution is -0.118. The number of carbonyl (C=O) groups is 2. The quantitative estimate of drug-likeness (QED) is 0.158. The third-order valence-corrected chi connectivity index (χ3v) is 8.50. The molecule has 4 aromatic rings. The number of pyridine rings is 1. The van der Waals surface area contributed by atoms with Gasteiger partial charge in [0.05, 0.1) is 35.0 Å². The number of piperidine rings is 1. The van der Waals surface area contributed by atoms with Crippen LogP contribution in [0.3, 0.4) is 0 Å². The summed E-state index contributed by atoms with van der Waals surface area (Å²) in [7, 11) is 1.01. The van der Waals surface area contributed by atoms with Crippen LogP contribution < -0.4 is 14.8 Å². The van der Waals surface area contributed by atoms with Gasteiger partial charge >= 0.3 is 0 Å². The van der Waals surface area contributed by atoms with Gasteiger partial charge in [0.2, 0.25) is 5.91 Å². The van der Waals surface area contributed by atoms with Crippen molar-refractivity contribution in [3.8, 4) is 17.2 Å². The topological polar surface area (TPSA) is 108 Å². The third-order valence-electron chi connectivity index (χ3n) is 8.14. The molecule has 1 fully saturated rings. The van der Waals surface area contributed by atoms with Crippen LogP contribution in [0.25, 0.3) is 10.9 Å². The van der Waals surface area contributed by atoms with Crippen molar-refractivity contribution in [3.63, 3.8) is 0 Å². The first-order valence-electron chi connectivity index (χ1n) is 18.8. The van der Waals surface area contributed by atoms with E-state index in [1.807, 2.05) is 15.6 Å². The molecule has 10 nitrogen and oxygen atoms in total. The second-order valence-electron chi connectivity index (χ2n) is 12.8. The number of anilines is 1. The standard InChI is InChI=1S/C37H46ClN5O5/c1-7-42-14-11-26(12-15-42)43-27(20-36(41-43)37(3,4)5)19-28(45)18-25-8-9-29(21-31(25)38)48-34-10-13-39-32-23-35(47-17-16-46-6)33(22-30(32)34)40-24(2)44/h8-10,13,20-23,26H,7,11-12,14-19H2,1-6H3,(H,40,44)/i7D2,16D2,17D2. The summed E-state index contributed by atoms with van der Waals surface area (Å²) in [4.78, 5) is 31.8. The monoisotopic (exact) mass is 681 g/mol. The fraction of sp³-hybridized carbons (Fsp3) is 0.459. The molecule has 0 bridgehead atoms. The summed E-state index contributed by atoms with van der Waals surface area (Å²) in [5.41, 5.74) is 2.48. The zero-order chi connectivity index (χ0) is 39.8. The molecule has 0 atom stereocenters.